The van der Waals surface area contributed by atoms with Gasteiger partial charge in [-0.1, -0.05) is 79.9 Å². The summed E-state index contributed by atoms with van der Waals surface area (Å²) < 4.78 is 42.3. The number of benzene rings is 1. The Kier molecular flexibility index (Phi) is 7.13. The van der Waals surface area contributed by atoms with Gasteiger partial charge in [-0.25, -0.2) is 0 Å². The van der Waals surface area contributed by atoms with Gasteiger partial charge < -0.3 is 4.43 Å². The van der Waals surface area contributed by atoms with Crippen LogP contribution in [0, 0.1) is 0 Å². The molecular weight excluding hydrogens is 412 g/mol. The molecule has 0 amide bonds. The molecule has 0 saturated heterocycles. The molecule has 8 heteroatoms. The molecule has 0 unspecified atom stereocenters. The van der Waals surface area contributed by atoms with E-state index in [-0.39, 0.29) is 5.04 Å². The van der Waals surface area contributed by atoms with Crippen molar-refractivity contribution in [3.8, 4) is 0 Å². The maximum absolute atomic E-state index is 12.6. The van der Waals surface area contributed by atoms with E-state index in [0.717, 1.165) is 12.1 Å². The van der Waals surface area contributed by atoms with Crippen LogP contribution >= 0.6 is 34.8 Å². The van der Waals surface area contributed by atoms with E-state index in [9.17, 15) is 13.2 Å². The van der Waals surface area contributed by atoms with Crippen LogP contribution in [0.25, 0.3) is 6.08 Å². The van der Waals surface area contributed by atoms with E-state index < -0.39 is 30.0 Å². The first-order valence-electron chi connectivity index (χ1n) is 7.64. The second-order valence-electron chi connectivity index (χ2n) is 7.32. The zero-order chi connectivity index (χ0) is 19.7. The summed E-state index contributed by atoms with van der Waals surface area (Å²) in [6.07, 6.45) is -2.00. The Morgan fingerprint density at radius 2 is 1.48 bits per heavy atom. The Hall–Kier alpha value is -0.203. The molecule has 0 fully saturated rings. The highest BCUT2D eigenvalue weighted by Crippen LogP contribution is 2.42. The summed E-state index contributed by atoms with van der Waals surface area (Å²) in [4.78, 5) is 0. The van der Waals surface area contributed by atoms with E-state index in [1.54, 1.807) is 12.2 Å². The van der Waals surface area contributed by atoms with Crippen LogP contribution in [-0.2, 0) is 10.6 Å². The maximum Gasteiger partial charge on any atom is 0.416 e. The lowest BCUT2D eigenvalue weighted by Gasteiger charge is -2.40. The molecule has 1 aromatic carbocycles. The van der Waals surface area contributed by atoms with Crippen LogP contribution in [0.3, 0.4) is 0 Å². The van der Waals surface area contributed by atoms with Crippen molar-refractivity contribution in [3.05, 3.63) is 41.5 Å². The molecule has 0 saturated carbocycles. The smallest absolute Gasteiger partial charge is 0.406 e. The summed E-state index contributed by atoms with van der Waals surface area (Å²) in [7, 11) is -2.20. The third-order valence-electron chi connectivity index (χ3n) is 4.25. The average molecular weight is 434 g/mol. The second-order valence-corrected chi connectivity index (χ2v) is 14.4. The minimum absolute atomic E-state index is 0.0800. The lowest BCUT2D eigenvalue weighted by Crippen LogP contribution is -2.46. The van der Waals surface area contributed by atoms with Crippen molar-refractivity contribution in [3.63, 3.8) is 0 Å². The molecular formula is C17H22Cl3F3OSi. The zero-order valence-electron chi connectivity index (χ0n) is 14.7. The normalized spacial score (nSPS) is 15.6. The van der Waals surface area contributed by atoms with Crippen LogP contribution in [0.4, 0.5) is 13.2 Å². The molecule has 25 heavy (non-hydrogen) atoms. The van der Waals surface area contributed by atoms with Gasteiger partial charge in [0.25, 0.3) is 0 Å². The Balaban J connectivity index is 3.02. The van der Waals surface area contributed by atoms with E-state index in [0.29, 0.717) is 5.56 Å². The van der Waals surface area contributed by atoms with Crippen LogP contribution < -0.4 is 0 Å². The van der Waals surface area contributed by atoms with Gasteiger partial charge in [-0.15, -0.1) is 0 Å². The van der Waals surface area contributed by atoms with Crippen molar-refractivity contribution >= 4 is 49.2 Å². The minimum atomic E-state index is -4.37. The molecule has 0 aliphatic rings. The summed E-state index contributed by atoms with van der Waals surface area (Å²) in [6.45, 7) is 10.3. The number of hydrogen-bond acceptors (Lipinski definition) is 1. The van der Waals surface area contributed by atoms with E-state index in [4.69, 9.17) is 39.2 Å². The van der Waals surface area contributed by atoms with Gasteiger partial charge in [-0.05, 0) is 35.8 Å². The molecule has 1 aromatic rings. The van der Waals surface area contributed by atoms with Crippen LogP contribution in [0.15, 0.2) is 30.3 Å². The SMILES string of the molecule is CC(C)(C)[Si](C)(C)O[C@@H](/C=C/c1ccc(C(F)(F)F)cc1)C(Cl)(Cl)Cl. The first-order chi connectivity index (χ1) is 11.0. The van der Waals surface area contributed by atoms with E-state index in [1.807, 2.05) is 13.1 Å². The fourth-order valence-electron chi connectivity index (χ4n) is 1.69. The van der Waals surface area contributed by atoms with E-state index in [2.05, 4.69) is 20.8 Å². The molecule has 1 rings (SSSR count). The standard InChI is InChI=1S/C17H22Cl3F3OSi/c1-15(2,3)25(4,5)24-14(16(18,19)20)11-8-12-6-9-13(10-7-12)17(21,22)23/h6-11,14H,1-5H3/b11-8+/t14-/m0/s1. The fourth-order valence-corrected chi connectivity index (χ4v) is 3.51. The Morgan fingerprint density at radius 1 is 1.00 bits per heavy atom. The van der Waals surface area contributed by atoms with Crippen LogP contribution in [0.2, 0.25) is 18.1 Å². The van der Waals surface area contributed by atoms with Crippen molar-refractivity contribution in [2.24, 2.45) is 0 Å². The molecule has 1 atom stereocenters. The predicted molar refractivity (Wildman–Crippen MR) is 103 cm³/mol. The minimum Gasteiger partial charge on any atom is -0.406 e. The predicted octanol–water partition coefficient (Wildman–Crippen LogP) is 7.48. The van der Waals surface area contributed by atoms with Gasteiger partial charge in [0.05, 0.1) is 5.56 Å². The first kappa shape index (κ1) is 22.8. The summed E-state index contributed by atoms with van der Waals surface area (Å²) in [6, 6.07) is 4.75. The highest BCUT2D eigenvalue weighted by Gasteiger charge is 2.43. The van der Waals surface area contributed by atoms with Crippen molar-refractivity contribution in [1.82, 2.24) is 0 Å². The highest BCUT2D eigenvalue weighted by molar-refractivity contribution is 6.74. The summed E-state index contributed by atoms with van der Waals surface area (Å²) in [5.41, 5.74) is -0.147. The van der Waals surface area contributed by atoms with Crippen LogP contribution in [0.1, 0.15) is 31.9 Å². The molecule has 1 nitrogen and oxygen atoms in total. The molecule has 0 spiro atoms. The quantitative estimate of drug-likeness (QED) is 0.353. The van der Waals surface area contributed by atoms with E-state index in [1.165, 1.54) is 12.1 Å². The van der Waals surface area contributed by atoms with Gasteiger partial charge in [-0.3, -0.25) is 0 Å². The van der Waals surface area contributed by atoms with Crippen LogP contribution in [0.5, 0.6) is 0 Å². The molecule has 0 bridgehead atoms. The van der Waals surface area contributed by atoms with Crippen molar-refractivity contribution in [2.75, 3.05) is 0 Å². The third-order valence-corrected chi connectivity index (χ3v) is 9.35. The van der Waals surface area contributed by atoms with Gasteiger partial charge in [0.2, 0.25) is 3.79 Å². The van der Waals surface area contributed by atoms with Gasteiger partial charge in [-0.2, -0.15) is 13.2 Å². The molecule has 0 aromatic heterocycles. The van der Waals surface area contributed by atoms with Gasteiger partial charge in [0.15, 0.2) is 8.32 Å². The number of alkyl halides is 6. The molecule has 0 N–H and O–H groups in total. The lowest BCUT2D eigenvalue weighted by molar-refractivity contribution is -0.137. The van der Waals surface area contributed by atoms with Crippen LogP contribution in [-0.4, -0.2) is 18.2 Å². The molecule has 0 aliphatic carbocycles. The summed E-state index contributed by atoms with van der Waals surface area (Å²) >= 11 is 18.1. The number of hydrogen-bond donors (Lipinski definition) is 0. The molecule has 0 aliphatic heterocycles. The highest BCUT2D eigenvalue weighted by atomic mass is 35.6. The average Bonchev–Trinajstić information content (AvgIpc) is 2.40. The largest absolute Gasteiger partial charge is 0.416 e. The third kappa shape index (κ3) is 6.79. The summed E-state index contributed by atoms with van der Waals surface area (Å²) in [5.74, 6) is 0. The topological polar surface area (TPSA) is 9.23 Å². The Morgan fingerprint density at radius 3 is 1.84 bits per heavy atom. The first-order valence-corrected chi connectivity index (χ1v) is 11.7. The van der Waals surface area contributed by atoms with Gasteiger partial charge in [0, 0.05) is 0 Å². The van der Waals surface area contributed by atoms with Crippen molar-refractivity contribution in [2.45, 2.75) is 55.0 Å². The second kappa shape index (κ2) is 7.81. The Bertz CT molecular complexity index is 600. The molecule has 0 heterocycles. The lowest BCUT2D eigenvalue weighted by atomic mass is 10.1. The van der Waals surface area contributed by atoms with Gasteiger partial charge >= 0.3 is 6.18 Å². The number of halogens is 6. The summed E-state index contributed by atoms with van der Waals surface area (Å²) in [5, 5.41) is -0.0800. The zero-order valence-corrected chi connectivity index (χ0v) is 18.0. The molecule has 142 valence electrons. The van der Waals surface area contributed by atoms with Crippen molar-refractivity contribution < 1.29 is 17.6 Å². The van der Waals surface area contributed by atoms with Crippen molar-refractivity contribution in [1.29, 1.82) is 0 Å². The Labute approximate surface area is 163 Å². The fraction of sp³-hybridized carbons (Fsp3) is 0.529. The van der Waals surface area contributed by atoms with E-state index >= 15 is 0 Å². The van der Waals surface area contributed by atoms with Gasteiger partial charge in [0.1, 0.15) is 6.10 Å². The maximum atomic E-state index is 12.6. The monoisotopic (exact) mass is 432 g/mol. The molecule has 0 radical (unpaired) electrons. The number of rotatable bonds is 4.